The van der Waals surface area contributed by atoms with Gasteiger partial charge in [-0.1, -0.05) is 13.3 Å². The quantitative estimate of drug-likeness (QED) is 0.369. The third-order valence-electron chi connectivity index (χ3n) is 4.02. The van der Waals surface area contributed by atoms with Gasteiger partial charge in [-0.2, -0.15) is 0 Å². The number of carbonyl (C=O) groups is 3. The first-order valence-corrected chi connectivity index (χ1v) is 9.67. The number of imide groups is 1. The van der Waals surface area contributed by atoms with Gasteiger partial charge < -0.3 is 9.15 Å². The molecule has 3 rings (SSSR count). The van der Waals surface area contributed by atoms with E-state index in [1.165, 1.54) is 24.3 Å². The first-order valence-electron chi connectivity index (χ1n) is 8.85. The molecule has 2 heterocycles. The summed E-state index contributed by atoms with van der Waals surface area (Å²) in [6.07, 6.45) is 2.88. The first kappa shape index (κ1) is 20.8. The van der Waals surface area contributed by atoms with Crippen LogP contribution in [0.15, 0.2) is 39.7 Å². The highest BCUT2D eigenvalue weighted by Gasteiger charge is 2.36. The zero-order valence-electron chi connectivity index (χ0n) is 15.4. The van der Waals surface area contributed by atoms with Gasteiger partial charge in [0.1, 0.15) is 29.7 Å². The van der Waals surface area contributed by atoms with Crippen molar-refractivity contribution in [2.75, 3.05) is 13.2 Å². The molecule has 1 aliphatic rings. The summed E-state index contributed by atoms with van der Waals surface area (Å²) in [7, 11) is 0. The lowest BCUT2D eigenvalue weighted by Crippen LogP contribution is -2.34. The zero-order valence-corrected chi connectivity index (χ0v) is 16.3. The summed E-state index contributed by atoms with van der Waals surface area (Å²) in [5, 5.41) is -0.593. The molecule has 1 fully saturated rings. The fraction of sp³-hybridized carbons (Fsp3) is 0.250. The Bertz CT molecular complexity index is 985. The van der Waals surface area contributed by atoms with Crippen molar-refractivity contribution < 1.29 is 32.3 Å². The maximum Gasteiger partial charge on any atom is 0.326 e. The van der Waals surface area contributed by atoms with Gasteiger partial charge in [-0.05, 0) is 42.4 Å². The summed E-state index contributed by atoms with van der Waals surface area (Å²) >= 11 is 0.664. The number of furan rings is 1. The maximum absolute atomic E-state index is 13.9. The number of benzene rings is 1. The molecule has 0 N–H and O–H groups in total. The third kappa shape index (κ3) is 4.92. The Morgan fingerprint density at radius 3 is 2.76 bits per heavy atom. The number of nitrogens with zero attached hydrogens (tertiary/aromatic N) is 1. The second-order valence-electron chi connectivity index (χ2n) is 6.17. The van der Waals surface area contributed by atoms with Crippen molar-refractivity contribution in [3.63, 3.8) is 0 Å². The van der Waals surface area contributed by atoms with Crippen LogP contribution < -0.4 is 0 Å². The monoisotopic (exact) mass is 421 g/mol. The van der Waals surface area contributed by atoms with Crippen LogP contribution in [0.5, 0.6) is 0 Å². The molecule has 0 unspecified atom stereocenters. The number of ether oxygens (including phenoxy) is 1. The van der Waals surface area contributed by atoms with E-state index in [0.29, 0.717) is 18.2 Å². The topological polar surface area (TPSA) is 76.8 Å². The smallest absolute Gasteiger partial charge is 0.326 e. The number of rotatable bonds is 7. The van der Waals surface area contributed by atoms with Crippen LogP contribution in [0.2, 0.25) is 0 Å². The molecule has 152 valence electrons. The Morgan fingerprint density at radius 1 is 1.24 bits per heavy atom. The van der Waals surface area contributed by atoms with Crippen LogP contribution in [0.4, 0.5) is 13.6 Å². The summed E-state index contributed by atoms with van der Waals surface area (Å²) in [5.41, 5.74) is 0.0639. The van der Waals surface area contributed by atoms with E-state index >= 15 is 0 Å². The molecular weight excluding hydrogens is 404 g/mol. The lowest BCUT2D eigenvalue weighted by Gasteiger charge is -2.11. The molecule has 9 heteroatoms. The van der Waals surface area contributed by atoms with E-state index in [9.17, 15) is 23.2 Å². The molecule has 0 spiro atoms. The van der Waals surface area contributed by atoms with Crippen molar-refractivity contribution in [1.29, 1.82) is 0 Å². The van der Waals surface area contributed by atoms with Crippen molar-refractivity contribution >= 4 is 35.0 Å². The molecule has 0 aliphatic carbocycles. The minimum Gasteiger partial charge on any atom is -0.464 e. The molecule has 2 aromatic rings. The molecule has 29 heavy (non-hydrogen) atoms. The molecule has 1 saturated heterocycles. The van der Waals surface area contributed by atoms with E-state index in [1.54, 1.807) is 0 Å². The average molecular weight is 421 g/mol. The predicted octanol–water partition coefficient (Wildman–Crippen LogP) is 4.60. The standard InChI is InChI=1S/C20H17F2NO5S/c1-2-3-8-27-18(24)11-23-19(25)17(29-20(23)26)10-13-5-7-16(28-13)14-6-4-12(21)9-15(14)22/h4-7,9-10H,2-3,8,11H2,1H3/b17-10+. The Hall–Kier alpha value is -2.94. The fourth-order valence-corrected chi connectivity index (χ4v) is 3.35. The Balaban J connectivity index is 1.71. The number of carbonyl (C=O) groups excluding carboxylic acids is 3. The van der Waals surface area contributed by atoms with E-state index in [1.807, 2.05) is 6.92 Å². The lowest BCUT2D eigenvalue weighted by atomic mass is 10.1. The molecule has 1 aromatic carbocycles. The molecule has 0 bridgehead atoms. The van der Waals surface area contributed by atoms with E-state index in [0.717, 1.165) is 23.5 Å². The SMILES string of the molecule is CCCCOC(=O)CN1C(=O)S/C(=C/c2ccc(-c3ccc(F)cc3F)o2)C1=O. The van der Waals surface area contributed by atoms with Crippen LogP contribution in [-0.4, -0.2) is 35.2 Å². The van der Waals surface area contributed by atoms with Crippen molar-refractivity contribution in [3.05, 3.63) is 52.6 Å². The van der Waals surface area contributed by atoms with Crippen LogP contribution >= 0.6 is 11.8 Å². The van der Waals surface area contributed by atoms with Gasteiger partial charge >= 0.3 is 5.97 Å². The van der Waals surface area contributed by atoms with Crippen LogP contribution in [-0.2, 0) is 14.3 Å². The Labute approximate surface area is 169 Å². The normalized spacial score (nSPS) is 15.4. The largest absolute Gasteiger partial charge is 0.464 e. The summed E-state index contributed by atoms with van der Waals surface area (Å²) in [6, 6.07) is 6.04. The number of halogens is 2. The van der Waals surface area contributed by atoms with E-state index in [2.05, 4.69) is 0 Å². The van der Waals surface area contributed by atoms with Gasteiger partial charge in [-0.25, -0.2) is 8.78 Å². The van der Waals surface area contributed by atoms with Crippen LogP contribution in [0.25, 0.3) is 17.4 Å². The number of unbranched alkanes of at least 4 members (excludes halogenated alkanes) is 1. The van der Waals surface area contributed by atoms with Gasteiger partial charge in [0.25, 0.3) is 11.1 Å². The maximum atomic E-state index is 13.9. The molecule has 0 saturated carbocycles. The minimum atomic E-state index is -0.784. The number of hydrogen-bond acceptors (Lipinski definition) is 6. The van der Waals surface area contributed by atoms with Gasteiger partial charge in [-0.15, -0.1) is 0 Å². The van der Waals surface area contributed by atoms with E-state index in [4.69, 9.17) is 9.15 Å². The molecule has 6 nitrogen and oxygen atoms in total. The second-order valence-corrected chi connectivity index (χ2v) is 7.16. The van der Waals surface area contributed by atoms with E-state index < -0.39 is 35.3 Å². The first-order chi connectivity index (χ1) is 13.9. The molecular formula is C20H17F2NO5S. The van der Waals surface area contributed by atoms with Gasteiger partial charge in [-0.3, -0.25) is 19.3 Å². The van der Waals surface area contributed by atoms with E-state index in [-0.39, 0.29) is 28.6 Å². The molecule has 1 aliphatic heterocycles. The fourth-order valence-electron chi connectivity index (χ4n) is 2.54. The summed E-state index contributed by atoms with van der Waals surface area (Å²) < 4.78 is 37.4. The lowest BCUT2D eigenvalue weighted by molar-refractivity contribution is -0.146. The molecule has 1 aromatic heterocycles. The van der Waals surface area contributed by atoms with Crippen LogP contribution in [0.3, 0.4) is 0 Å². The highest BCUT2D eigenvalue weighted by Crippen LogP contribution is 2.33. The predicted molar refractivity (Wildman–Crippen MR) is 103 cm³/mol. The van der Waals surface area contributed by atoms with Gasteiger partial charge in [0.2, 0.25) is 0 Å². The Kier molecular flexibility index (Phi) is 6.48. The van der Waals surface area contributed by atoms with Crippen molar-refractivity contribution in [3.8, 4) is 11.3 Å². The van der Waals surface area contributed by atoms with Crippen LogP contribution in [0, 0.1) is 11.6 Å². The van der Waals surface area contributed by atoms with Gasteiger partial charge in [0.05, 0.1) is 17.1 Å². The van der Waals surface area contributed by atoms with Crippen molar-refractivity contribution in [1.82, 2.24) is 4.90 Å². The molecule has 0 radical (unpaired) electrons. The number of hydrogen-bond donors (Lipinski definition) is 0. The highest BCUT2D eigenvalue weighted by atomic mass is 32.2. The zero-order chi connectivity index (χ0) is 21.0. The summed E-state index contributed by atoms with van der Waals surface area (Å²) in [6.45, 7) is 1.71. The third-order valence-corrected chi connectivity index (χ3v) is 4.93. The number of thioether (sulfide) groups is 1. The number of amides is 2. The van der Waals surface area contributed by atoms with Crippen LogP contribution in [0.1, 0.15) is 25.5 Å². The average Bonchev–Trinajstić information content (AvgIpc) is 3.22. The minimum absolute atomic E-state index is 0.0639. The van der Waals surface area contributed by atoms with Crippen molar-refractivity contribution in [2.45, 2.75) is 19.8 Å². The second kappa shape index (κ2) is 9.04. The van der Waals surface area contributed by atoms with Gasteiger partial charge in [0, 0.05) is 12.1 Å². The summed E-state index contributed by atoms with van der Waals surface area (Å²) in [5.74, 6) is -2.44. The van der Waals surface area contributed by atoms with Gasteiger partial charge in [0.15, 0.2) is 0 Å². The highest BCUT2D eigenvalue weighted by molar-refractivity contribution is 8.18. The molecule has 0 atom stereocenters. The molecule has 2 amide bonds. The van der Waals surface area contributed by atoms with Crippen molar-refractivity contribution in [2.24, 2.45) is 0 Å². The Morgan fingerprint density at radius 2 is 2.03 bits per heavy atom. The number of esters is 1. The summed E-state index contributed by atoms with van der Waals surface area (Å²) in [4.78, 5) is 37.1.